The Kier molecular flexibility index (Phi) is 4.30. The van der Waals surface area contributed by atoms with E-state index in [2.05, 4.69) is 15.3 Å². The summed E-state index contributed by atoms with van der Waals surface area (Å²) < 4.78 is 7.47. The summed E-state index contributed by atoms with van der Waals surface area (Å²) in [6.07, 6.45) is 8.35. The molecule has 4 rings (SSSR count). The minimum atomic E-state index is -0.203. The van der Waals surface area contributed by atoms with Crippen LogP contribution in [0.3, 0.4) is 0 Å². The minimum absolute atomic E-state index is 0.203. The van der Waals surface area contributed by atoms with E-state index in [9.17, 15) is 4.79 Å². The highest BCUT2D eigenvalue weighted by Gasteiger charge is 2.03. The fourth-order valence-corrected chi connectivity index (χ4v) is 2.55. The molecule has 1 N–H and O–H groups in total. The van der Waals surface area contributed by atoms with Crippen LogP contribution in [0.5, 0.6) is 0 Å². The first kappa shape index (κ1) is 15.8. The Morgan fingerprint density at radius 3 is 2.77 bits per heavy atom. The molecular weight excluding hydrogens is 328 g/mol. The first-order chi connectivity index (χ1) is 12.8. The van der Waals surface area contributed by atoms with Gasteiger partial charge in [-0.1, -0.05) is 24.3 Å². The molecule has 6 heteroatoms. The number of amides is 1. The number of aromatic nitrogens is 3. The largest absolute Gasteiger partial charge is 0.437 e. The third kappa shape index (κ3) is 3.54. The van der Waals surface area contributed by atoms with E-state index in [-0.39, 0.29) is 5.91 Å². The van der Waals surface area contributed by atoms with Gasteiger partial charge in [0.2, 0.25) is 11.8 Å². The Morgan fingerprint density at radius 2 is 2.00 bits per heavy atom. The van der Waals surface area contributed by atoms with Crippen LogP contribution < -0.4 is 5.32 Å². The molecule has 0 aliphatic carbocycles. The molecule has 0 saturated carbocycles. The number of oxazole rings is 1. The maximum Gasteiger partial charge on any atom is 0.244 e. The van der Waals surface area contributed by atoms with E-state index in [1.54, 1.807) is 18.6 Å². The number of nitrogens with zero attached hydrogens (tertiary/aromatic N) is 3. The Hall–Kier alpha value is -3.67. The standard InChI is InChI=1S/C20H16N4O2/c25-19(9-10-20-23-17-3-1-2-4-18(17)26-20)22-13-15-5-7-16(8-6-15)24-12-11-21-14-24/h1-12,14H,13H2,(H,22,25)/b10-9+. The van der Waals surface area contributed by atoms with Crippen LogP contribution in [0.25, 0.3) is 22.9 Å². The zero-order chi connectivity index (χ0) is 17.8. The molecule has 6 nitrogen and oxygen atoms in total. The quantitative estimate of drug-likeness (QED) is 0.564. The molecule has 2 aromatic heterocycles. The van der Waals surface area contributed by atoms with Crippen molar-refractivity contribution in [3.8, 4) is 5.69 Å². The molecule has 0 saturated heterocycles. The number of para-hydroxylation sites is 2. The summed E-state index contributed by atoms with van der Waals surface area (Å²) >= 11 is 0. The van der Waals surface area contributed by atoms with E-state index in [0.717, 1.165) is 16.8 Å². The van der Waals surface area contributed by atoms with Gasteiger partial charge in [-0.05, 0) is 29.8 Å². The summed E-state index contributed by atoms with van der Waals surface area (Å²) in [5.41, 5.74) is 3.50. The number of carbonyl (C=O) groups excluding carboxylic acids is 1. The normalized spacial score (nSPS) is 11.2. The van der Waals surface area contributed by atoms with Gasteiger partial charge in [-0.2, -0.15) is 0 Å². The van der Waals surface area contributed by atoms with Crippen molar-refractivity contribution in [2.24, 2.45) is 0 Å². The molecule has 128 valence electrons. The summed E-state index contributed by atoms with van der Waals surface area (Å²) in [6, 6.07) is 15.4. The van der Waals surface area contributed by atoms with E-state index < -0.39 is 0 Å². The van der Waals surface area contributed by atoms with Crippen LogP contribution in [0.4, 0.5) is 0 Å². The molecule has 0 aliphatic heterocycles. The topological polar surface area (TPSA) is 73.0 Å². The van der Waals surface area contributed by atoms with Crippen LogP contribution in [0.2, 0.25) is 0 Å². The number of benzene rings is 2. The second-order valence-electron chi connectivity index (χ2n) is 5.71. The SMILES string of the molecule is O=C(/C=C/c1nc2ccccc2o1)NCc1ccc(-n2ccnc2)cc1. The van der Waals surface area contributed by atoms with Gasteiger partial charge in [0.1, 0.15) is 5.52 Å². The van der Waals surface area contributed by atoms with Crippen molar-refractivity contribution in [1.29, 1.82) is 0 Å². The zero-order valence-corrected chi connectivity index (χ0v) is 13.9. The number of hydrogen-bond acceptors (Lipinski definition) is 4. The molecular formula is C20H16N4O2. The van der Waals surface area contributed by atoms with E-state index in [1.165, 1.54) is 6.08 Å². The summed E-state index contributed by atoms with van der Waals surface area (Å²) in [5, 5.41) is 2.84. The number of fused-ring (bicyclic) bond motifs is 1. The van der Waals surface area contributed by atoms with Crippen molar-refractivity contribution in [3.05, 3.63) is 84.8 Å². The van der Waals surface area contributed by atoms with Crippen LogP contribution in [0.1, 0.15) is 11.5 Å². The van der Waals surface area contributed by atoms with Crippen molar-refractivity contribution in [2.75, 3.05) is 0 Å². The van der Waals surface area contributed by atoms with Gasteiger partial charge < -0.3 is 14.3 Å². The Bertz CT molecular complexity index is 1010. The Balaban J connectivity index is 1.34. The second kappa shape index (κ2) is 7.06. The second-order valence-corrected chi connectivity index (χ2v) is 5.71. The molecule has 0 spiro atoms. The van der Waals surface area contributed by atoms with Gasteiger partial charge in [-0.15, -0.1) is 0 Å². The Morgan fingerprint density at radius 1 is 1.15 bits per heavy atom. The van der Waals surface area contributed by atoms with Crippen LogP contribution >= 0.6 is 0 Å². The first-order valence-corrected chi connectivity index (χ1v) is 8.17. The van der Waals surface area contributed by atoms with Gasteiger partial charge in [-0.25, -0.2) is 9.97 Å². The molecule has 0 radical (unpaired) electrons. The molecule has 26 heavy (non-hydrogen) atoms. The highest BCUT2D eigenvalue weighted by atomic mass is 16.3. The van der Waals surface area contributed by atoms with Gasteiger partial charge in [0.05, 0.1) is 6.33 Å². The van der Waals surface area contributed by atoms with Crippen molar-refractivity contribution in [3.63, 3.8) is 0 Å². The predicted molar refractivity (Wildman–Crippen MR) is 98.5 cm³/mol. The third-order valence-electron chi connectivity index (χ3n) is 3.89. The highest BCUT2D eigenvalue weighted by molar-refractivity contribution is 5.91. The van der Waals surface area contributed by atoms with Crippen molar-refractivity contribution in [2.45, 2.75) is 6.54 Å². The smallest absolute Gasteiger partial charge is 0.244 e. The van der Waals surface area contributed by atoms with Gasteiger partial charge in [-0.3, -0.25) is 4.79 Å². The number of imidazole rings is 1. The monoisotopic (exact) mass is 344 g/mol. The Labute approximate surface area is 149 Å². The molecule has 2 heterocycles. The fourth-order valence-electron chi connectivity index (χ4n) is 2.55. The lowest BCUT2D eigenvalue weighted by molar-refractivity contribution is -0.116. The number of carbonyl (C=O) groups is 1. The predicted octanol–water partition coefficient (Wildman–Crippen LogP) is 3.34. The summed E-state index contributed by atoms with van der Waals surface area (Å²) in [5.74, 6) is 0.206. The van der Waals surface area contributed by atoms with Crippen LogP contribution in [0.15, 0.2) is 77.7 Å². The average molecular weight is 344 g/mol. The molecule has 1 amide bonds. The van der Waals surface area contributed by atoms with Crippen LogP contribution in [-0.2, 0) is 11.3 Å². The molecule has 0 unspecified atom stereocenters. The van der Waals surface area contributed by atoms with E-state index in [0.29, 0.717) is 18.0 Å². The lowest BCUT2D eigenvalue weighted by Crippen LogP contribution is -2.20. The van der Waals surface area contributed by atoms with Gasteiger partial charge in [0.15, 0.2) is 5.58 Å². The molecule has 2 aromatic carbocycles. The molecule has 0 aliphatic rings. The lowest BCUT2D eigenvalue weighted by atomic mass is 10.2. The zero-order valence-electron chi connectivity index (χ0n) is 13.9. The maximum atomic E-state index is 12.0. The van der Waals surface area contributed by atoms with E-state index in [4.69, 9.17) is 4.42 Å². The first-order valence-electron chi connectivity index (χ1n) is 8.17. The molecule has 4 aromatic rings. The van der Waals surface area contributed by atoms with Crippen molar-refractivity contribution in [1.82, 2.24) is 19.9 Å². The average Bonchev–Trinajstić information content (AvgIpc) is 3.34. The summed E-state index contributed by atoms with van der Waals surface area (Å²) in [4.78, 5) is 20.3. The van der Waals surface area contributed by atoms with E-state index in [1.807, 2.05) is 59.3 Å². The fraction of sp³-hybridized carbons (Fsp3) is 0.0500. The van der Waals surface area contributed by atoms with Crippen molar-refractivity contribution < 1.29 is 9.21 Å². The minimum Gasteiger partial charge on any atom is -0.437 e. The summed E-state index contributed by atoms with van der Waals surface area (Å²) in [6.45, 7) is 0.445. The molecule has 0 fully saturated rings. The number of hydrogen-bond donors (Lipinski definition) is 1. The number of nitrogens with one attached hydrogen (secondary N) is 1. The van der Waals surface area contributed by atoms with Gasteiger partial charge >= 0.3 is 0 Å². The van der Waals surface area contributed by atoms with Gasteiger partial charge in [0.25, 0.3) is 0 Å². The maximum absolute atomic E-state index is 12.0. The molecule has 0 atom stereocenters. The third-order valence-corrected chi connectivity index (χ3v) is 3.89. The van der Waals surface area contributed by atoms with E-state index >= 15 is 0 Å². The van der Waals surface area contributed by atoms with Crippen molar-refractivity contribution >= 4 is 23.1 Å². The molecule has 0 bridgehead atoms. The van der Waals surface area contributed by atoms with Gasteiger partial charge in [0, 0.05) is 36.8 Å². The summed E-state index contributed by atoms with van der Waals surface area (Å²) in [7, 11) is 0. The highest BCUT2D eigenvalue weighted by Crippen LogP contribution is 2.15. The lowest BCUT2D eigenvalue weighted by Gasteiger charge is -2.05. The van der Waals surface area contributed by atoms with Crippen LogP contribution in [-0.4, -0.2) is 20.4 Å². The number of rotatable bonds is 5. The van der Waals surface area contributed by atoms with Crippen LogP contribution in [0, 0.1) is 0 Å².